The van der Waals surface area contributed by atoms with Crippen LogP contribution in [0.4, 0.5) is 5.82 Å². The van der Waals surface area contributed by atoms with Crippen molar-refractivity contribution in [1.82, 2.24) is 20.1 Å². The number of carbonyl (C=O) groups excluding carboxylic acids is 1. The van der Waals surface area contributed by atoms with Gasteiger partial charge in [0.15, 0.2) is 0 Å². The number of pyridine rings is 1. The van der Waals surface area contributed by atoms with E-state index in [1.807, 2.05) is 61.5 Å². The molecule has 1 amide bonds. The first kappa shape index (κ1) is 16.7. The maximum Gasteiger partial charge on any atom is 0.271 e. The van der Waals surface area contributed by atoms with E-state index in [4.69, 9.17) is 0 Å². The monoisotopic (exact) mass is 335 g/mol. The van der Waals surface area contributed by atoms with Gasteiger partial charge >= 0.3 is 0 Å². The third-order valence-corrected chi connectivity index (χ3v) is 3.91. The Morgan fingerprint density at radius 2 is 1.84 bits per heavy atom. The molecule has 0 radical (unpaired) electrons. The van der Waals surface area contributed by atoms with E-state index in [1.54, 1.807) is 24.2 Å². The van der Waals surface area contributed by atoms with Crippen LogP contribution in [0.1, 0.15) is 16.1 Å². The van der Waals surface area contributed by atoms with Crippen molar-refractivity contribution in [3.05, 3.63) is 66.0 Å². The first-order valence-electron chi connectivity index (χ1n) is 8.03. The summed E-state index contributed by atoms with van der Waals surface area (Å²) < 4.78 is 0. The minimum Gasteiger partial charge on any atom is -0.363 e. The Kier molecular flexibility index (Phi) is 4.79. The van der Waals surface area contributed by atoms with Crippen molar-refractivity contribution in [2.24, 2.45) is 0 Å². The van der Waals surface area contributed by atoms with Crippen molar-refractivity contribution in [1.29, 1.82) is 0 Å². The predicted octanol–water partition coefficient (Wildman–Crippen LogP) is 2.81. The molecule has 3 rings (SSSR count). The van der Waals surface area contributed by atoms with Crippen LogP contribution in [0.25, 0.3) is 11.3 Å². The summed E-state index contributed by atoms with van der Waals surface area (Å²) in [5.41, 5.74) is 3.18. The molecule has 128 valence electrons. The fourth-order valence-corrected chi connectivity index (χ4v) is 2.51. The number of aromatic amines is 1. The summed E-state index contributed by atoms with van der Waals surface area (Å²) in [7, 11) is 5.66. The van der Waals surface area contributed by atoms with Crippen molar-refractivity contribution < 1.29 is 4.79 Å². The van der Waals surface area contributed by atoms with E-state index in [9.17, 15) is 4.79 Å². The van der Waals surface area contributed by atoms with Gasteiger partial charge in [-0.25, -0.2) is 4.98 Å². The highest BCUT2D eigenvalue weighted by Gasteiger charge is 2.16. The molecule has 0 atom stereocenters. The van der Waals surface area contributed by atoms with Gasteiger partial charge in [-0.1, -0.05) is 36.4 Å². The molecule has 0 aliphatic carbocycles. The van der Waals surface area contributed by atoms with Crippen LogP contribution in [0.2, 0.25) is 0 Å². The lowest BCUT2D eigenvalue weighted by Crippen LogP contribution is -2.26. The standard InChI is InChI=1S/C19H21N5O/c1-23(2)18-10-9-14(12-20-18)13-24(3)19(25)17-11-16(21-22-17)15-7-5-4-6-8-15/h4-12H,13H2,1-3H3,(H,21,22). The number of H-pyrrole nitrogens is 1. The molecule has 0 spiro atoms. The molecule has 0 aliphatic rings. The largest absolute Gasteiger partial charge is 0.363 e. The van der Waals surface area contributed by atoms with Gasteiger partial charge in [0.05, 0.1) is 5.69 Å². The van der Waals surface area contributed by atoms with Crippen LogP contribution in [0.3, 0.4) is 0 Å². The van der Waals surface area contributed by atoms with Crippen molar-refractivity contribution in [3.8, 4) is 11.3 Å². The lowest BCUT2D eigenvalue weighted by molar-refractivity contribution is 0.0779. The van der Waals surface area contributed by atoms with Gasteiger partial charge in [-0.05, 0) is 17.7 Å². The average molecular weight is 335 g/mol. The summed E-state index contributed by atoms with van der Waals surface area (Å²) in [6, 6.07) is 15.5. The molecule has 0 saturated heterocycles. The first-order chi connectivity index (χ1) is 12.0. The van der Waals surface area contributed by atoms with Crippen LogP contribution in [0, 0.1) is 0 Å². The minimum absolute atomic E-state index is 0.105. The number of amides is 1. The number of aromatic nitrogens is 3. The Bertz CT molecular complexity index is 840. The third kappa shape index (κ3) is 3.85. The molecule has 0 aliphatic heterocycles. The van der Waals surface area contributed by atoms with Crippen LogP contribution >= 0.6 is 0 Å². The fourth-order valence-electron chi connectivity index (χ4n) is 2.51. The highest BCUT2D eigenvalue weighted by molar-refractivity contribution is 5.93. The highest BCUT2D eigenvalue weighted by Crippen LogP contribution is 2.18. The maximum atomic E-state index is 12.6. The van der Waals surface area contributed by atoms with Gasteiger partial charge in [0.25, 0.3) is 5.91 Å². The zero-order valence-electron chi connectivity index (χ0n) is 14.6. The Morgan fingerprint density at radius 1 is 1.08 bits per heavy atom. The SMILES string of the molecule is CN(Cc1ccc(N(C)C)nc1)C(=O)c1cc(-c2ccccc2)n[nH]1. The summed E-state index contributed by atoms with van der Waals surface area (Å²) in [6.07, 6.45) is 1.79. The number of carbonyl (C=O) groups is 1. The normalized spacial score (nSPS) is 10.5. The fraction of sp³-hybridized carbons (Fsp3) is 0.211. The van der Waals surface area contributed by atoms with Crippen LogP contribution in [0.15, 0.2) is 54.7 Å². The third-order valence-electron chi connectivity index (χ3n) is 3.91. The van der Waals surface area contributed by atoms with Gasteiger partial charge in [-0.2, -0.15) is 5.10 Å². The van der Waals surface area contributed by atoms with E-state index in [0.717, 1.165) is 22.6 Å². The van der Waals surface area contributed by atoms with E-state index < -0.39 is 0 Å². The lowest BCUT2D eigenvalue weighted by Gasteiger charge is -2.17. The molecule has 6 heteroatoms. The number of rotatable bonds is 5. The molecular weight excluding hydrogens is 314 g/mol. The molecule has 25 heavy (non-hydrogen) atoms. The van der Waals surface area contributed by atoms with Gasteiger partial charge in [-0.15, -0.1) is 0 Å². The molecule has 0 saturated carbocycles. The van der Waals surface area contributed by atoms with Crippen molar-refractivity contribution in [3.63, 3.8) is 0 Å². The second kappa shape index (κ2) is 7.17. The van der Waals surface area contributed by atoms with E-state index in [0.29, 0.717) is 12.2 Å². The zero-order valence-corrected chi connectivity index (χ0v) is 14.6. The number of hydrogen-bond donors (Lipinski definition) is 1. The Hall–Kier alpha value is -3.15. The molecule has 0 unspecified atom stereocenters. The number of nitrogens with one attached hydrogen (secondary N) is 1. The maximum absolute atomic E-state index is 12.6. The predicted molar refractivity (Wildman–Crippen MR) is 98.4 cm³/mol. The smallest absolute Gasteiger partial charge is 0.271 e. The summed E-state index contributed by atoms with van der Waals surface area (Å²) in [5, 5.41) is 7.07. The van der Waals surface area contributed by atoms with Gasteiger partial charge in [0, 0.05) is 39.4 Å². The topological polar surface area (TPSA) is 65.1 Å². The highest BCUT2D eigenvalue weighted by atomic mass is 16.2. The van der Waals surface area contributed by atoms with Crippen LogP contribution in [-0.2, 0) is 6.54 Å². The van der Waals surface area contributed by atoms with Crippen LogP contribution in [-0.4, -0.2) is 47.1 Å². The summed E-state index contributed by atoms with van der Waals surface area (Å²) in [4.78, 5) is 20.6. The van der Waals surface area contributed by atoms with E-state index >= 15 is 0 Å². The second-order valence-corrected chi connectivity index (χ2v) is 6.11. The lowest BCUT2D eigenvalue weighted by atomic mass is 10.1. The van der Waals surface area contributed by atoms with Crippen molar-refractivity contribution in [2.45, 2.75) is 6.54 Å². The number of benzene rings is 1. The number of nitrogens with zero attached hydrogens (tertiary/aromatic N) is 4. The zero-order chi connectivity index (χ0) is 17.8. The average Bonchev–Trinajstić information content (AvgIpc) is 3.12. The van der Waals surface area contributed by atoms with E-state index in [-0.39, 0.29) is 5.91 Å². The van der Waals surface area contributed by atoms with Gasteiger partial charge < -0.3 is 9.80 Å². The van der Waals surface area contributed by atoms with Crippen molar-refractivity contribution in [2.75, 3.05) is 26.0 Å². The van der Waals surface area contributed by atoms with E-state index in [2.05, 4.69) is 15.2 Å². The number of anilines is 1. The molecular formula is C19H21N5O. The minimum atomic E-state index is -0.105. The summed E-state index contributed by atoms with van der Waals surface area (Å²) >= 11 is 0. The molecule has 0 fully saturated rings. The molecule has 2 heterocycles. The summed E-state index contributed by atoms with van der Waals surface area (Å²) in [6.45, 7) is 0.485. The molecule has 0 bridgehead atoms. The second-order valence-electron chi connectivity index (χ2n) is 6.11. The van der Waals surface area contributed by atoms with Gasteiger partial charge in [0.2, 0.25) is 0 Å². The quantitative estimate of drug-likeness (QED) is 0.779. The number of hydrogen-bond acceptors (Lipinski definition) is 4. The van der Waals surface area contributed by atoms with E-state index in [1.165, 1.54) is 0 Å². The molecule has 3 aromatic rings. The summed E-state index contributed by atoms with van der Waals surface area (Å²) in [5.74, 6) is 0.783. The van der Waals surface area contributed by atoms with Gasteiger partial charge in [-0.3, -0.25) is 9.89 Å². The Balaban J connectivity index is 1.69. The van der Waals surface area contributed by atoms with Crippen molar-refractivity contribution >= 4 is 11.7 Å². The Labute approximate surface area is 147 Å². The van der Waals surface area contributed by atoms with Crippen LogP contribution in [0.5, 0.6) is 0 Å². The molecule has 2 aromatic heterocycles. The molecule has 1 N–H and O–H groups in total. The van der Waals surface area contributed by atoms with Crippen LogP contribution < -0.4 is 4.90 Å². The molecule has 1 aromatic carbocycles. The first-order valence-corrected chi connectivity index (χ1v) is 8.03. The molecule has 6 nitrogen and oxygen atoms in total. The van der Waals surface area contributed by atoms with Gasteiger partial charge in [0.1, 0.15) is 11.5 Å². The Morgan fingerprint density at radius 3 is 2.48 bits per heavy atom.